The Bertz CT molecular complexity index is 570. The first kappa shape index (κ1) is 14.7. The fourth-order valence-electron chi connectivity index (χ4n) is 6.38. The van der Waals surface area contributed by atoms with E-state index in [4.69, 9.17) is 0 Å². The highest BCUT2D eigenvalue weighted by Crippen LogP contribution is 2.62. The van der Waals surface area contributed by atoms with Gasteiger partial charge in [0.1, 0.15) is 0 Å². The number of hydrogen-bond acceptors (Lipinski definition) is 2. The molecule has 0 saturated heterocycles. The number of carbonyl (C=O) groups is 1. The number of aliphatic hydroxyl groups excluding tert-OH is 1. The highest BCUT2D eigenvalue weighted by atomic mass is 16.3. The molecular formula is C20H28O2. The van der Waals surface area contributed by atoms with Crippen molar-refractivity contribution in [3.63, 3.8) is 0 Å². The molecule has 2 heteroatoms. The van der Waals surface area contributed by atoms with Crippen LogP contribution in [0.5, 0.6) is 0 Å². The SMILES string of the molecule is CC[C@@H]1CC[C@H]2[C@@H]3CCC4=CC(=O)CC(O)C4=C3CC[C@]12C. The van der Waals surface area contributed by atoms with Crippen molar-refractivity contribution in [2.24, 2.45) is 23.2 Å². The van der Waals surface area contributed by atoms with Crippen molar-refractivity contribution >= 4 is 5.78 Å². The maximum atomic E-state index is 11.7. The van der Waals surface area contributed by atoms with Crippen LogP contribution in [0, 0.1) is 23.2 Å². The summed E-state index contributed by atoms with van der Waals surface area (Å²) in [5.74, 6) is 2.47. The first-order valence-electron chi connectivity index (χ1n) is 9.19. The average Bonchev–Trinajstić information content (AvgIpc) is 2.82. The molecule has 5 atom stereocenters. The van der Waals surface area contributed by atoms with Gasteiger partial charge in [-0.25, -0.2) is 0 Å². The summed E-state index contributed by atoms with van der Waals surface area (Å²) in [6.07, 6.45) is 10.3. The van der Waals surface area contributed by atoms with Crippen LogP contribution in [0.2, 0.25) is 0 Å². The summed E-state index contributed by atoms with van der Waals surface area (Å²) < 4.78 is 0. The van der Waals surface area contributed by atoms with E-state index in [0.717, 1.165) is 30.3 Å². The highest BCUT2D eigenvalue weighted by molar-refractivity contribution is 5.93. The number of carbonyl (C=O) groups excluding carboxylic acids is 1. The van der Waals surface area contributed by atoms with Crippen molar-refractivity contribution in [1.29, 1.82) is 0 Å². The standard InChI is InChI=1S/C20H28O2/c1-3-13-5-7-17-15-6-4-12-10-14(21)11-18(22)19(12)16(15)8-9-20(13,17)2/h10,13,15,17-18,22H,3-9,11H2,1-2H3/t13-,15-,17+,18?,20-/m1/s1. The molecule has 0 aliphatic heterocycles. The second-order valence-corrected chi connectivity index (χ2v) is 8.23. The summed E-state index contributed by atoms with van der Waals surface area (Å²) in [5.41, 5.74) is 4.37. The number of fused-ring (bicyclic) bond motifs is 4. The Labute approximate surface area is 133 Å². The molecule has 2 nitrogen and oxygen atoms in total. The topological polar surface area (TPSA) is 37.3 Å². The molecule has 0 heterocycles. The Morgan fingerprint density at radius 3 is 2.86 bits per heavy atom. The molecule has 1 N–H and O–H groups in total. The summed E-state index contributed by atoms with van der Waals surface area (Å²) in [5, 5.41) is 10.5. The summed E-state index contributed by atoms with van der Waals surface area (Å²) in [6.45, 7) is 4.89. The molecule has 22 heavy (non-hydrogen) atoms. The zero-order chi connectivity index (χ0) is 15.5. The van der Waals surface area contributed by atoms with Crippen molar-refractivity contribution in [1.82, 2.24) is 0 Å². The van der Waals surface area contributed by atoms with E-state index in [2.05, 4.69) is 13.8 Å². The van der Waals surface area contributed by atoms with Gasteiger partial charge in [-0.2, -0.15) is 0 Å². The molecule has 4 aliphatic rings. The molecule has 0 spiro atoms. The molecule has 2 fully saturated rings. The first-order valence-corrected chi connectivity index (χ1v) is 9.19. The minimum atomic E-state index is -0.530. The fourth-order valence-corrected chi connectivity index (χ4v) is 6.38. The molecule has 2 saturated carbocycles. The lowest BCUT2D eigenvalue weighted by atomic mass is 9.55. The van der Waals surface area contributed by atoms with Gasteiger partial charge in [-0.1, -0.05) is 25.8 Å². The van der Waals surface area contributed by atoms with Gasteiger partial charge in [0, 0.05) is 6.42 Å². The van der Waals surface area contributed by atoms with Crippen LogP contribution in [0.15, 0.2) is 22.8 Å². The van der Waals surface area contributed by atoms with Gasteiger partial charge in [-0.3, -0.25) is 4.79 Å². The minimum Gasteiger partial charge on any atom is -0.388 e. The number of allylic oxidation sites excluding steroid dienone is 2. The van der Waals surface area contributed by atoms with E-state index in [9.17, 15) is 9.90 Å². The van der Waals surface area contributed by atoms with Crippen LogP contribution in [-0.2, 0) is 4.79 Å². The molecular weight excluding hydrogens is 272 g/mol. The van der Waals surface area contributed by atoms with Crippen molar-refractivity contribution in [2.45, 2.75) is 71.3 Å². The van der Waals surface area contributed by atoms with Gasteiger partial charge in [0.15, 0.2) is 5.78 Å². The van der Waals surface area contributed by atoms with E-state index in [0.29, 0.717) is 17.8 Å². The van der Waals surface area contributed by atoms with E-state index >= 15 is 0 Å². The number of ketones is 1. The molecule has 4 aliphatic carbocycles. The lowest BCUT2D eigenvalue weighted by Crippen LogP contribution is -2.41. The summed E-state index contributed by atoms with van der Waals surface area (Å²) in [4.78, 5) is 11.7. The van der Waals surface area contributed by atoms with Crippen LogP contribution in [0.25, 0.3) is 0 Å². The molecule has 0 bridgehead atoms. The maximum absolute atomic E-state index is 11.7. The normalized spacial score (nSPS) is 44.3. The molecule has 0 aromatic carbocycles. The van der Waals surface area contributed by atoms with Crippen LogP contribution in [0.1, 0.15) is 65.2 Å². The van der Waals surface area contributed by atoms with Crippen molar-refractivity contribution in [3.8, 4) is 0 Å². The fraction of sp³-hybridized carbons (Fsp3) is 0.750. The minimum absolute atomic E-state index is 0.109. The van der Waals surface area contributed by atoms with Gasteiger partial charge in [0.05, 0.1) is 6.10 Å². The highest BCUT2D eigenvalue weighted by Gasteiger charge is 2.53. The van der Waals surface area contributed by atoms with Crippen LogP contribution in [0.4, 0.5) is 0 Å². The summed E-state index contributed by atoms with van der Waals surface area (Å²) in [6, 6.07) is 0. The zero-order valence-electron chi connectivity index (χ0n) is 13.9. The quantitative estimate of drug-likeness (QED) is 0.788. The smallest absolute Gasteiger partial charge is 0.158 e. The summed E-state index contributed by atoms with van der Waals surface area (Å²) >= 11 is 0. The Hall–Kier alpha value is -0.890. The van der Waals surface area contributed by atoms with Crippen LogP contribution < -0.4 is 0 Å². The monoisotopic (exact) mass is 300 g/mol. The maximum Gasteiger partial charge on any atom is 0.158 e. The molecule has 0 aromatic rings. The Morgan fingerprint density at radius 1 is 1.27 bits per heavy atom. The lowest BCUT2D eigenvalue weighted by molar-refractivity contribution is -0.116. The predicted molar refractivity (Wildman–Crippen MR) is 87.3 cm³/mol. The van der Waals surface area contributed by atoms with Crippen LogP contribution in [0.3, 0.4) is 0 Å². The van der Waals surface area contributed by atoms with E-state index in [1.165, 1.54) is 43.3 Å². The molecule has 4 rings (SSSR count). The van der Waals surface area contributed by atoms with Crippen molar-refractivity contribution in [3.05, 3.63) is 22.8 Å². The predicted octanol–water partition coefficient (Wildman–Crippen LogP) is 4.19. The third-order valence-electron chi connectivity index (χ3n) is 7.44. The Balaban J connectivity index is 1.75. The molecule has 120 valence electrons. The molecule has 0 aromatic heterocycles. The van der Waals surface area contributed by atoms with Gasteiger partial charge in [-0.15, -0.1) is 0 Å². The Morgan fingerprint density at radius 2 is 2.09 bits per heavy atom. The lowest BCUT2D eigenvalue weighted by Gasteiger charge is -2.49. The number of aliphatic hydroxyl groups is 1. The second kappa shape index (κ2) is 5.06. The molecule has 1 unspecified atom stereocenters. The molecule has 0 radical (unpaired) electrons. The van der Waals surface area contributed by atoms with E-state index in [1.807, 2.05) is 6.08 Å². The third-order valence-corrected chi connectivity index (χ3v) is 7.44. The number of rotatable bonds is 1. The van der Waals surface area contributed by atoms with E-state index in [1.54, 1.807) is 0 Å². The molecule has 0 amide bonds. The Kier molecular flexibility index (Phi) is 3.38. The van der Waals surface area contributed by atoms with Gasteiger partial charge in [0.25, 0.3) is 0 Å². The van der Waals surface area contributed by atoms with Gasteiger partial charge < -0.3 is 5.11 Å². The van der Waals surface area contributed by atoms with Gasteiger partial charge in [-0.05, 0) is 78.9 Å². The van der Waals surface area contributed by atoms with Crippen molar-refractivity contribution < 1.29 is 9.90 Å². The van der Waals surface area contributed by atoms with E-state index in [-0.39, 0.29) is 5.78 Å². The van der Waals surface area contributed by atoms with Crippen LogP contribution in [-0.4, -0.2) is 17.0 Å². The second-order valence-electron chi connectivity index (χ2n) is 8.23. The third kappa shape index (κ3) is 1.92. The summed E-state index contributed by atoms with van der Waals surface area (Å²) in [7, 11) is 0. The largest absolute Gasteiger partial charge is 0.388 e. The van der Waals surface area contributed by atoms with Gasteiger partial charge >= 0.3 is 0 Å². The van der Waals surface area contributed by atoms with Crippen molar-refractivity contribution in [2.75, 3.05) is 0 Å². The first-order chi connectivity index (χ1) is 10.5. The number of hydrogen-bond donors (Lipinski definition) is 1. The average molecular weight is 300 g/mol. The van der Waals surface area contributed by atoms with Crippen LogP contribution >= 0.6 is 0 Å². The van der Waals surface area contributed by atoms with E-state index < -0.39 is 6.10 Å². The zero-order valence-corrected chi connectivity index (χ0v) is 13.9. The van der Waals surface area contributed by atoms with Gasteiger partial charge in [0.2, 0.25) is 0 Å².